The van der Waals surface area contributed by atoms with E-state index in [9.17, 15) is 0 Å². The molecule has 0 spiro atoms. The summed E-state index contributed by atoms with van der Waals surface area (Å²) >= 11 is 12.1. The molecule has 0 bridgehead atoms. The van der Waals surface area contributed by atoms with Crippen LogP contribution in [0.1, 0.15) is 11.1 Å². The summed E-state index contributed by atoms with van der Waals surface area (Å²) < 4.78 is 5.15. The van der Waals surface area contributed by atoms with Crippen LogP contribution in [0.4, 0.5) is 0 Å². The summed E-state index contributed by atoms with van der Waals surface area (Å²) in [5, 5.41) is 0.723. The molecule has 0 amide bonds. The van der Waals surface area contributed by atoms with Gasteiger partial charge in [-0.3, -0.25) is 0 Å². The molecule has 0 aliphatic carbocycles. The van der Waals surface area contributed by atoms with E-state index in [0.717, 1.165) is 33.9 Å². The highest BCUT2D eigenvalue weighted by Crippen LogP contribution is 2.24. The van der Waals surface area contributed by atoms with Crippen LogP contribution in [0.5, 0.6) is 0 Å². The second kappa shape index (κ2) is 6.87. The minimum Gasteiger partial charge on any atom is -0.312 e. The molecule has 25 heavy (non-hydrogen) atoms. The van der Waals surface area contributed by atoms with Crippen LogP contribution in [-0.4, -0.2) is 9.13 Å². The van der Waals surface area contributed by atoms with Gasteiger partial charge in [-0.2, -0.15) is 0 Å². The number of halogens is 1. The van der Waals surface area contributed by atoms with Crippen LogP contribution >= 0.6 is 23.8 Å². The van der Waals surface area contributed by atoms with E-state index in [-0.39, 0.29) is 0 Å². The van der Waals surface area contributed by atoms with E-state index in [1.165, 1.54) is 11.1 Å². The summed E-state index contributed by atoms with van der Waals surface area (Å²) in [5.41, 5.74) is 4.62. The molecule has 1 heterocycles. The van der Waals surface area contributed by atoms with Crippen molar-refractivity contribution in [3.63, 3.8) is 0 Å². The van der Waals surface area contributed by atoms with Crippen molar-refractivity contribution >= 4 is 34.9 Å². The molecule has 0 fully saturated rings. The van der Waals surface area contributed by atoms with Gasteiger partial charge in [0, 0.05) is 5.02 Å². The Bertz CT molecular complexity index is 1070. The normalized spacial score (nSPS) is 11.1. The topological polar surface area (TPSA) is 9.86 Å². The van der Waals surface area contributed by atoms with E-state index >= 15 is 0 Å². The van der Waals surface area contributed by atoms with E-state index in [4.69, 9.17) is 23.8 Å². The lowest BCUT2D eigenvalue weighted by molar-refractivity contribution is 0.730. The Balaban J connectivity index is 1.86. The van der Waals surface area contributed by atoms with Crippen molar-refractivity contribution in [1.82, 2.24) is 9.13 Å². The molecule has 0 N–H and O–H groups in total. The average Bonchev–Trinajstić information content (AvgIpc) is 2.89. The van der Waals surface area contributed by atoms with Gasteiger partial charge in [0.2, 0.25) is 0 Å². The third-order valence-corrected chi connectivity index (χ3v) is 5.02. The van der Waals surface area contributed by atoms with Crippen LogP contribution in [0.25, 0.3) is 11.0 Å². The molecular weight excluding hydrogens is 348 g/mol. The minimum absolute atomic E-state index is 0.723. The lowest BCUT2D eigenvalue weighted by Gasteiger charge is -2.06. The summed E-state index contributed by atoms with van der Waals surface area (Å²) in [5.74, 6) is 0. The predicted molar refractivity (Wildman–Crippen MR) is 107 cm³/mol. The van der Waals surface area contributed by atoms with Crippen molar-refractivity contribution in [2.24, 2.45) is 0 Å². The van der Waals surface area contributed by atoms with Gasteiger partial charge in [0.15, 0.2) is 4.77 Å². The predicted octanol–water partition coefficient (Wildman–Crippen LogP) is 5.92. The molecule has 4 rings (SSSR count). The first kappa shape index (κ1) is 16.1. The Morgan fingerprint density at radius 1 is 0.680 bits per heavy atom. The third kappa shape index (κ3) is 3.26. The highest BCUT2D eigenvalue weighted by molar-refractivity contribution is 7.71. The standard InChI is InChI=1S/C21H17ClN2S/c22-18-11-12-19-20(13-18)24(15-17-9-5-2-6-10-17)21(25)23(19)14-16-7-3-1-4-8-16/h1-13H,14-15H2. The quantitative estimate of drug-likeness (QED) is 0.408. The maximum atomic E-state index is 6.26. The van der Waals surface area contributed by atoms with Crippen molar-refractivity contribution in [2.75, 3.05) is 0 Å². The molecule has 1 aromatic heterocycles. The number of hydrogen-bond donors (Lipinski definition) is 0. The Morgan fingerprint density at radius 3 is 1.76 bits per heavy atom. The van der Waals surface area contributed by atoms with Gasteiger partial charge in [0.05, 0.1) is 24.1 Å². The molecule has 0 aliphatic rings. The van der Waals surface area contributed by atoms with Gasteiger partial charge in [-0.1, -0.05) is 72.3 Å². The van der Waals surface area contributed by atoms with E-state index in [1.54, 1.807) is 0 Å². The average molecular weight is 365 g/mol. The molecule has 3 aromatic carbocycles. The minimum atomic E-state index is 0.723. The van der Waals surface area contributed by atoms with Crippen LogP contribution in [-0.2, 0) is 13.1 Å². The molecule has 4 aromatic rings. The molecule has 2 nitrogen and oxygen atoms in total. The fraction of sp³-hybridized carbons (Fsp3) is 0.0952. The highest BCUT2D eigenvalue weighted by Gasteiger charge is 2.12. The molecule has 0 aliphatic heterocycles. The number of nitrogens with zero attached hydrogens (tertiary/aromatic N) is 2. The molecule has 0 radical (unpaired) electrons. The second-order valence-electron chi connectivity index (χ2n) is 6.06. The van der Waals surface area contributed by atoms with Gasteiger partial charge in [-0.25, -0.2) is 0 Å². The van der Waals surface area contributed by atoms with E-state index in [2.05, 4.69) is 63.7 Å². The molecule has 124 valence electrons. The summed E-state index contributed by atoms with van der Waals surface area (Å²) in [4.78, 5) is 0. The number of fused-ring (bicyclic) bond motifs is 1. The Labute approximate surface area is 156 Å². The largest absolute Gasteiger partial charge is 0.312 e. The van der Waals surface area contributed by atoms with Gasteiger partial charge < -0.3 is 9.13 Å². The molecular formula is C21H17ClN2S. The fourth-order valence-corrected chi connectivity index (χ4v) is 3.62. The number of benzene rings is 3. The van der Waals surface area contributed by atoms with E-state index in [0.29, 0.717) is 0 Å². The first-order valence-electron chi connectivity index (χ1n) is 8.19. The Kier molecular flexibility index (Phi) is 4.43. The van der Waals surface area contributed by atoms with Crippen molar-refractivity contribution in [3.8, 4) is 0 Å². The van der Waals surface area contributed by atoms with Gasteiger partial charge in [-0.15, -0.1) is 0 Å². The lowest BCUT2D eigenvalue weighted by atomic mass is 10.2. The third-order valence-electron chi connectivity index (χ3n) is 4.35. The van der Waals surface area contributed by atoms with Crippen LogP contribution < -0.4 is 0 Å². The van der Waals surface area contributed by atoms with Gasteiger partial charge in [0.25, 0.3) is 0 Å². The first-order valence-corrected chi connectivity index (χ1v) is 8.97. The zero-order valence-corrected chi connectivity index (χ0v) is 15.2. The molecule has 0 saturated heterocycles. The van der Waals surface area contributed by atoms with Gasteiger partial charge >= 0.3 is 0 Å². The number of rotatable bonds is 4. The zero-order chi connectivity index (χ0) is 17.2. The van der Waals surface area contributed by atoms with Crippen molar-refractivity contribution in [1.29, 1.82) is 0 Å². The number of imidazole rings is 1. The van der Waals surface area contributed by atoms with Crippen molar-refractivity contribution in [2.45, 2.75) is 13.1 Å². The maximum absolute atomic E-state index is 6.26. The molecule has 0 unspecified atom stereocenters. The van der Waals surface area contributed by atoms with Gasteiger partial charge in [-0.05, 0) is 41.5 Å². The van der Waals surface area contributed by atoms with Crippen LogP contribution in [0.15, 0.2) is 78.9 Å². The van der Waals surface area contributed by atoms with Crippen LogP contribution in [0.3, 0.4) is 0 Å². The summed E-state index contributed by atoms with van der Waals surface area (Å²) in [6.07, 6.45) is 0. The smallest absolute Gasteiger partial charge is 0.181 e. The van der Waals surface area contributed by atoms with E-state index < -0.39 is 0 Å². The monoisotopic (exact) mass is 364 g/mol. The number of aromatic nitrogens is 2. The summed E-state index contributed by atoms with van der Waals surface area (Å²) in [7, 11) is 0. The van der Waals surface area contributed by atoms with Gasteiger partial charge in [0.1, 0.15) is 0 Å². The maximum Gasteiger partial charge on any atom is 0.181 e. The molecule has 0 atom stereocenters. The fourth-order valence-electron chi connectivity index (χ4n) is 3.13. The molecule has 0 saturated carbocycles. The Hall–Kier alpha value is -2.36. The summed E-state index contributed by atoms with van der Waals surface area (Å²) in [6.45, 7) is 1.48. The molecule has 4 heteroatoms. The SMILES string of the molecule is S=c1n(Cc2ccccc2)c2ccc(Cl)cc2n1Cc1ccccc1. The lowest BCUT2D eigenvalue weighted by Crippen LogP contribution is -2.03. The van der Waals surface area contributed by atoms with Crippen molar-refractivity contribution < 1.29 is 0 Å². The number of hydrogen-bond acceptors (Lipinski definition) is 1. The highest BCUT2D eigenvalue weighted by atomic mass is 35.5. The Morgan fingerprint density at radius 2 is 1.20 bits per heavy atom. The second-order valence-corrected chi connectivity index (χ2v) is 6.86. The zero-order valence-electron chi connectivity index (χ0n) is 13.6. The van der Waals surface area contributed by atoms with Crippen LogP contribution in [0.2, 0.25) is 5.02 Å². The summed E-state index contributed by atoms with van der Waals surface area (Å²) in [6, 6.07) is 26.7. The van der Waals surface area contributed by atoms with Crippen molar-refractivity contribution in [3.05, 3.63) is 99.8 Å². The van der Waals surface area contributed by atoms with E-state index in [1.807, 2.05) is 24.3 Å². The van der Waals surface area contributed by atoms with Crippen LogP contribution in [0, 0.1) is 4.77 Å². The first-order chi connectivity index (χ1) is 12.2.